The minimum Gasteiger partial charge on any atom is -0.481 e. The number of aliphatic hydroxyl groups is 1. The van der Waals surface area contributed by atoms with E-state index < -0.39 is 29.9 Å². The summed E-state index contributed by atoms with van der Waals surface area (Å²) in [7, 11) is 0. The van der Waals surface area contributed by atoms with Crippen LogP contribution in [0.4, 0.5) is 0 Å². The SMILES string of the molecule is C=CC(=O)C(C)(O)COC(=O)CCCCC(=O)O. The zero-order valence-electron chi connectivity index (χ0n) is 10.3. The molecule has 0 aromatic heterocycles. The number of hydrogen-bond donors (Lipinski definition) is 2. The van der Waals surface area contributed by atoms with Crippen LogP contribution < -0.4 is 0 Å². The Kier molecular flexibility index (Phi) is 6.89. The summed E-state index contributed by atoms with van der Waals surface area (Å²) < 4.78 is 4.73. The van der Waals surface area contributed by atoms with Gasteiger partial charge in [-0.05, 0) is 25.8 Å². The van der Waals surface area contributed by atoms with Crippen LogP contribution in [0.1, 0.15) is 32.6 Å². The molecular formula is C12H18O6. The number of hydrogen-bond acceptors (Lipinski definition) is 5. The average Bonchev–Trinajstić information content (AvgIpc) is 2.30. The molecule has 0 aliphatic rings. The first-order valence-corrected chi connectivity index (χ1v) is 5.56. The Hall–Kier alpha value is -1.69. The third kappa shape index (κ3) is 6.80. The normalized spacial score (nSPS) is 13.4. The van der Waals surface area contributed by atoms with E-state index in [2.05, 4.69) is 6.58 Å². The monoisotopic (exact) mass is 258 g/mol. The highest BCUT2D eigenvalue weighted by molar-refractivity contribution is 5.96. The smallest absolute Gasteiger partial charge is 0.305 e. The number of carboxylic acids is 1. The van der Waals surface area contributed by atoms with Crippen LogP contribution in [0.3, 0.4) is 0 Å². The average molecular weight is 258 g/mol. The zero-order valence-corrected chi connectivity index (χ0v) is 10.3. The highest BCUT2D eigenvalue weighted by atomic mass is 16.5. The number of ketones is 1. The van der Waals surface area contributed by atoms with Crippen molar-refractivity contribution in [3.8, 4) is 0 Å². The fraction of sp³-hybridized carbons (Fsp3) is 0.583. The number of esters is 1. The Morgan fingerprint density at radius 1 is 1.28 bits per heavy atom. The molecule has 0 amide bonds. The van der Waals surface area contributed by atoms with Crippen molar-refractivity contribution in [3.63, 3.8) is 0 Å². The van der Waals surface area contributed by atoms with Gasteiger partial charge in [-0.2, -0.15) is 0 Å². The molecule has 0 aromatic carbocycles. The number of carbonyl (C=O) groups is 3. The van der Waals surface area contributed by atoms with Crippen molar-refractivity contribution < 1.29 is 29.3 Å². The van der Waals surface area contributed by atoms with Crippen molar-refractivity contribution in [1.29, 1.82) is 0 Å². The highest BCUT2D eigenvalue weighted by Crippen LogP contribution is 2.08. The molecule has 6 heteroatoms. The van der Waals surface area contributed by atoms with Gasteiger partial charge in [-0.15, -0.1) is 0 Å². The number of carbonyl (C=O) groups excluding carboxylic acids is 2. The lowest BCUT2D eigenvalue weighted by Gasteiger charge is -2.19. The van der Waals surface area contributed by atoms with Gasteiger partial charge in [0.25, 0.3) is 0 Å². The molecule has 102 valence electrons. The molecule has 0 aliphatic carbocycles. The van der Waals surface area contributed by atoms with Gasteiger partial charge in [0, 0.05) is 12.8 Å². The second-order valence-electron chi connectivity index (χ2n) is 4.10. The number of unbranched alkanes of at least 4 members (excludes halogenated alkanes) is 1. The highest BCUT2D eigenvalue weighted by Gasteiger charge is 2.29. The van der Waals surface area contributed by atoms with E-state index in [0.29, 0.717) is 12.8 Å². The topological polar surface area (TPSA) is 101 Å². The zero-order chi connectivity index (χ0) is 14.2. The molecule has 0 aliphatic heterocycles. The van der Waals surface area contributed by atoms with Crippen LogP contribution in [0.5, 0.6) is 0 Å². The van der Waals surface area contributed by atoms with E-state index in [1.807, 2.05) is 0 Å². The van der Waals surface area contributed by atoms with Crippen LogP contribution in [0.2, 0.25) is 0 Å². The van der Waals surface area contributed by atoms with Crippen molar-refractivity contribution in [2.75, 3.05) is 6.61 Å². The lowest BCUT2D eigenvalue weighted by Crippen LogP contribution is -2.39. The first-order chi connectivity index (χ1) is 8.29. The van der Waals surface area contributed by atoms with E-state index in [1.165, 1.54) is 6.92 Å². The number of rotatable bonds is 9. The lowest BCUT2D eigenvalue weighted by atomic mass is 10.0. The molecule has 0 fully saturated rings. The van der Waals surface area contributed by atoms with E-state index in [1.54, 1.807) is 0 Å². The summed E-state index contributed by atoms with van der Waals surface area (Å²) in [5.41, 5.74) is -1.77. The van der Waals surface area contributed by atoms with E-state index in [4.69, 9.17) is 9.84 Å². The molecule has 0 spiro atoms. The maximum atomic E-state index is 11.2. The molecule has 0 bridgehead atoms. The minimum atomic E-state index is -1.77. The number of aliphatic carboxylic acids is 1. The molecule has 0 heterocycles. The van der Waals surface area contributed by atoms with Crippen molar-refractivity contribution in [2.45, 2.75) is 38.2 Å². The molecular weight excluding hydrogens is 240 g/mol. The third-order valence-corrected chi connectivity index (χ3v) is 2.25. The lowest BCUT2D eigenvalue weighted by molar-refractivity contribution is -0.154. The molecule has 18 heavy (non-hydrogen) atoms. The second-order valence-corrected chi connectivity index (χ2v) is 4.10. The molecule has 0 radical (unpaired) electrons. The summed E-state index contributed by atoms with van der Waals surface area (Å²) in [6, 6.07) is 0. The summed E-state index contributed by atoms with van der Waals surface area (Å²) in [5.74, 6) is -2.11. The largest absolute Gasteiger partial charge is 0.481 e. The van der Waals surface area contributed by atoms with Crippen LogP contribution in [-0.4, -0.2) is 40.1 Å². The van der Waals surface area contributed by atoms with Gasteiger partial charge < -0.3 is 14.9 Å². The summed E-state index contributed by atoms with van der Waals surface area (Å²) in [6.45, 7) is 4.02. The quantitative estimate of drug-likeness (QED) is 0.358. The summed E-state index contributed by atoms with van der Waals surface area (Å²) in [4.78, 5) is 32.6. The van der Waals surface area contributed by atoms with Gasteiger partial charge in [0.05, 0.1) is 0 Å². The molecule has 0 rings (SSSR count). The Labute approximate surface area is 105 Å². The van der Waals surface area contributed by atoms with Gasteiger partial charge in [-0.25, -0.2) is 0 Å². The standard InChI is InChI=1S/C12H18O6/c1-3-9(13)12(2,17)8-18-11(16)7-5-4-6-10(14)15/h3,17H,1,4-8H2,2H3,(H,14,15). The van der Waals surface area contributed by atoms with Gasteiger partial charge in [0.2, 0.25) is 0 Å². The Balaban J connectivity index is 3.86. The number of ether oxygens (including phenoxy) is 1. The second kappa shape index (κ2) is 7.60. The van der Waals surface area contributed by atoms with Gasteiger partial charge in [0.1, 0.15) is 6.61 Å². The Morgan fingerprint density at radius 3 is 2.33 bits per heavy atom. The molecule has 0 saturated heterocycles. The fourth-order valence-electron chi connectivity index (χ4n) is 1.13. The van der Waals surface area contributed by atoms with Gasteiger partial charge >= 0.3 is 11.9 Å². The Morgan fingerprint density at radius 2 is 1.83 bits per heavy atom. The maximum Gasteiger partial charge on any atom is 0.305 e. The van der Waals surface area contributed by atoms with Crippen LogP contribution in [0.15, 0.2) is 12.7 Å². The summed E-state index contributed by atoms with van der Waals surface area (Å²) >= 11 is 0. The van der Waals surface area contributed by atoms with E-state index in [9.17, 15) is 19.5 Å². The van der Waals surface area contributed by atoms with Crippen molar-refractivity contribution in [2.24, 2.45) is 0 Å². The van der Waals surface area contributed by atoms with Gasteiger partial charge in [-0.3, -0.25) is 14.4 Å². The van der Waals surface area contributed by atoms with Crippen LogP contribution in [0.25, 0.3) is 0 Å². The molecule has 2 N–H and O–H groups in total. The molecule has 6 nitrogen and oxygen atoms in total. The van der Waals surface area contributed by atoms with Crippen LogP contribution in [-0.2, 0) is 19.1 Å². The predicted molar refractivity (Wildman–Crippen MR) is 62.9 cm³/mol. The minimum absolute atomic E-state index is 0.0000542. The Bertz CT molecular complexity index is 331. The molecule has 1 atom stereocenters. The van der Waals surface area contributed by atoms with Crippen molar-refractivity contribution in [1.82, 2.24) is 0 Å². The maximum absolute atomic E-state index is 11.2. The van der Waals surface area contributed by atoms with Gasteiger partial charge in [0.15, 0.2) is 11.4 Å². The fourth-order valence-corrected chi connectivity index (χ4v) is 1.13. The first-order valence-electron chi connectivity index (χ1n) is 5.56. The van der Waals surface area contributed by atoms with E-state index in [-0.39, 0.29) is 12.8 Å². The summed E-state index contributed by atoms with van der Waals surface area (Å²) in [6.07, 6.45) is 1.79. The van der Waals surface area contributed by atoms with E-state index >= 15 is 0 Å². The van der Waals surface area contributed by atoms with Crippen molar-refractivity contribution >= 4 is 17.7 Å². The number of carboxylic acid groups (broad SMARTS) is 1. The molecule has 0 saturated carbocycles. The van der Waals surface area contributed by atoms with E-state index in [0.717, 1.165) is 6.08 Å². The summed E-state index contributed by atoms with van der Waals surface area (Å²) in [5, 5.41) is 18.0. The van der Waals surface area contributed by atoms with Crippen LogP contribution in [0, 0.1) is 0 Å². The predicted octanol–water partition coefficient (Wildman–Crippen LogP) is 0.681. The van der Waals surface area contributed by atoms with Gasteiger partial charge in [-0.1, -0.05) is 6.58 Å². The molecule has 0 aromatic rings. The molecule has 1 unspecified atom stereocenters. The van der Waals surface area contributed by atoms with Crippen LogP contribution >= 0.6 is 0 Å². The van der Waals surface area contributed by atoms with Crippen molar-refractivity contribution in [3.05, 3.63) is 12.7 Å². The third-order valence-electron chi connectivity index (χ3n) is 2.25. The first kappa shape index (κ1) is 16.3.